The van der Waals surface area contributed by atoms with E-state index in [2.05, 4.69) is 29.5 Å². The Balaban J connectivity index is 2.05. The fourth-order valence-electron chi connectivity index (χ4n) is 2.88. The minimum absolute atomic E-state index is 0.00514. The predicted octanol–water partition coefficient (Wildman–Crippen LogP) is 2.82. The van der Waals surface area contributed by atoms with Gasteiger partial charge in [0.15, 0.2) is 0 Å². The molecule has 0 aromatic carbocycles. The molecule has 1 aromatic heterocycles. The Labute approximate surface area is 115 Å². The molecule has 4 nitrogen and oxygen atoms in total. The summed E-state index contributed by atoms with van der Waals surface area (Å²) in [7, 11) is 1.80. The highest BCUT2D eigenvalue weighted by atomic mass is 16.1. The Kier molecular flexibility index (Phi) is 4.08. The molecule has 2 N–H and O–H groups in total. The molecule has 0 radical (unpaired) electrons. The van der Waals surface area contributed by atoms with E-state index in [0.29, 0.717) is 11.0 Å². The first-order chi connectivity index (χ1) is 9.02. The van der Waals surface area contributed by atoms with Crippen molar-refractivity contribution in [3.8, 4) is 0 Å². The summed E-state index contributed by atoms with van der Waals surface area (Å²) in [5.74, 6) is -0.00514. The Morgan fingerprint density at radius 3 is 2.95 bits per heavy atom. The molecule has 1 unspecified atom stereocenters. The predicted molar refractivity (Wildman–Crippen MR) is 77.3 cm³/mol. The van der Waals surface area contributed by atoms with E-state index in [1.807, 2.05) is 0 Å². The number of carbonyl (C=O) groups excluding carboxylic acids is 1. The molecule has 19 heavy (non-hydrogen) atoms. The number of amides is 1. The van der Waals surface area contributed by atoms with Crippen LogP contribution in [-0.2, 0) is 0 Å². The van der Waals surface area contributed by atoms with Gasteiger partial charge in [0.2, 0.25) is 0 Å². The van der Waals surface area contributed by atoms with Crippen LogP contribution in [0.5, 0.6) is 0 Å². The van der Waals surface area contributed by atoms with Gasteiger partial charge in [-0.25, -0.2) is 0 Å². The van der Waals surface area contributed by atoms with Crippen LogP contribution in [0, 0.1) is 5.41 Å². The molecule has 1 atom stereocenters. The molecule has 1 fully saturated rings. The van der Waals surface area contributed by atoms with Crippen molar-refractivity contribution in [3.63, 3.8) is 0 Å². The van der Waals surface area contributed by atoms with Crippen LogP contribution in [0.2, 0.25) is 0 Å². The van der Waals surface area contributed by atoms with E-state index in [1.165, 1.54) is 12.8 Å². The second-order valence-electron chi connectivity index (χ2n) is 6.10. The molecule has 0 aliphatic heterocycles. The molecule has 0 bridgehead atoms. The fraction of sp³-hybridized carbons (Fsp3) is 0.600. The molecule has 2 rings (SSSR count). The molecule has 1 amide bonds. The maximum Gasteiger partial charge on any atom is 0.253 e. The third kappa shape index (κ3) is 3.46. The van der Waals surface area contributed by atoms with Gasteiger partial charge in [0.25, 0.3) is 5.91 Å². The van der Waals surface area contributed by atoms with E-state index in [-0.39, 0.29) is 11.9 Å². The van der Waals surface area contributed by atoms with E-state index >= 15 is 0 Å². The highest BCUT2D eigenvalue weighted by Crippen LogP contribution is 2.35. The molecule has 1 heterocycles. The molecule has 1 aromatic rings. The Morgan fingerprint density at radius 1 is 1.47 bits per heavy atom. The number of aromatic nitrogens is 1. The van der Waals surface area contributed by atoms with E-state index < -0.39 is 0 Å². The number of hydrogen-bond donors (Lipinski definition) is 2. The maximum atomic E-state index is 12.3. The molecule has 1 aliphatic rings. The van der Waals surface area contributed by atoms with Crippen LogP contribution in [-0.4, -0.2) is 24.0 Å². The van der Waals surface area contributed by atoms with Crippen LogP contribution in [0.4, 0.5) is 5.69 Å². The van der Waals surface area contributed by atoms with Gasteiger partial charge in [-0.2, -0.15) is 0 Å². The van der Waals surface area contributed by atoms with Crippen molar-refractivity contribution in [2.24, 2.45) is 5.41 Å². The lowest BCUT2D eigenvalue weighted by molar-refractivity contribution is 0.0903. The summed E-state index contributed by atoms with van der Waals surface area (Å²) in [6.45, 7) is 4.55. The van der Waals surface area contributed by atoms with E-state index in [9.17, 15) is 4.79 Å². The lowest BCUT2D eigenvalue weighted by atomic mass is 9.75. The van der Waals surface area contributed by atoms with Crippen molar-refractivity contribution >= 4 is 11.6 Å². The minimum atomic E-state index is -0.00514. The number of carbonyl (C=O) groups is 1. The van der Waals surface area contributed by atoms with Crippen LogP contribution in [0.3, 0.4) is 0 Å². The zero-order chi connectivity index (χ0) is 13.9. The fourth-order valence-corrected chi connectivity index (χ4v) is 2.88. The third-order valence-electron chi connectivity index (χ3n) is 3.88. The summed E-state index contributed by atoms with van der Waals surface area (Å²) in [4.78, 5) is 16.4. The summed E-state index contributed by atoms with van der Waals surface area (Å²) in [5.41, 5.74) is 1.77. The van der Waals surface area contributed by atoms with Gasteiger partial charge in [0, 0.05) is 19.3 Å². The van der Waals surface area contributed by atoms with Crippen LogP contribution < -0.4 is 10.6 Å². The average molecular weight is 261 g/mol. The van der Waals surface area contributed by atoms with Crippen LogP contribution in [0.1, 0.15) is 49.9 Å². The van der Waals surface area contributed by atoms with Crippen molar-refractivity contribution in [1.82, 2.24) is 10.3 Å². The summed E-state index contributed by atoms with van der Waals surface area (Å²) in [5, 5.41) is 6.17. The second-order valence-corrected chi connectivity index (χ2v) is 6.10. The smallest absolute Gasteiger partial charge is 0.253 e. The van der Waals surface area contributed by atoms with Gasteiger partial charge in [0.1, 0.15) is 0 Å². The first-order valence-electron chi connectivity index (χ1n) is 6.94. The average Bonchev–Trinajstić information content (AvgIpc) is 2.37. The lowest BCUT2D eigenvalue weighted by Crippen LogP contribution is -2.40. The molecule has 0 spiro atoms. The van der Waals surface area contributed by atoms with Crippen molar-refractivity contribution in [2.75, 3.05) is 12.4 Å². The van der Waals surface area contributed by atoms with Gasteiger partial charge >= 0.3 is 0 Å². The van der Waals surface area contributed by atoms with Gasteiger partial charge in [0.05, 0.1) is 17.4 Å². The number of pyridine rings is 1. The topological polar surface area (TPSA) is 54.0 Å². The monoisotopic (exact) mass is 261 g/mol. The van der Waals surface area contributed by atoms with Gasteiger partial charge < -0.3 is 10.6 Å². The van der Waals surface area contributed by atoms with E-state index in [1.54, 1.807) is 25.5 Å². The lowest BCUT2D eigenvalue weighted by Gasteiger charge is -2.35. The molecule has 0 saturated heterocycles. The zero-order valence-corrected chi connectivity index (χ0v) is 12.0. The van der Waals surface area contributed by atoms with Crippen molar-refractivity contribution < 1.29 is 4.79 Å². The molecule has 4 heteroatoms. The number of nitrogens with zero attached hydrogens (tertiary/aromatic N) is 1. The summed E-state index contributed by atoms with van der Waals surface area (Å²) in [6, 6.07) is 2.05. The van der Waals surface area contributed by atoms with Crippen LogP contribution >= 0.6 is 0 Å². The number of anilines is 1. The number of hydrogen-bond acceptors (Lipinski definition) is 3. The second kappa shape index (κ2) is 5.59. The normalized spacial score (nSPS) is 21.7. The summed E-state index contributed by atoms with van der Waals surface area (Å²) >= 11 is 0. The quantitative estimate of drug-likeness (QED) is 0.879. The molecular formula is C15H23N3O. The maximum absolute atomic E-state index is 12.3. The van der Waals surface area contributed by atoms with Gasteiger partial charge in [-0.1, -0.05) is 20.3 Å². The Morgan fingerprint density at radius 2 is 2.26 bits per heavy atom. The SMILES string of the molecule is CNc1cnccc1C(=O)NC1CCCC(C)(C)C1. The third-order valence-corrected chi connectivity index (χ3v) is 3.88. The molecule has 1 saturated carbocycles. The highest BCUT2D eigenvalue weighted by molar-refractivity contribution is 5.99. The molecule has 1 aliphatic carbocycles. The zero-order valence-electron chi connectivity index (χ0n) is 12.0. The van der Waals surface area contributed by atoms with Crippen LogP contribution in [0.25, 0.3) is 0 Å². The number of nitrogens with one attached hydrogen (secondary N) is 2. The van der Waals surface area contributed by atoms with Crippen LogP contribution in [0.15, 0.2) is 18.5 Å². The van der Waals surface area contributed by atoms with Gasteiger partial charge in [-0.05, 0) is 30.7 Å². The Bertz CT molecular complexity index is 456. The van der Waals surface area contributed by atoms with E-state index in [0.717, 1.165) is 18.5 Å². The van der Waals surface area contributed by atoms with Crippen molar-refractivity contribution in [1.29, 1.82) is 0 Å². The Hall–Kier alpha value is -1.58. The number of rotatable bonds is 3. The van der Waals surface area contributed by atoms with Gasteiger partial charge in [-0.3, -0.25) is 9.78 Å². The minimum Gasteiger partial charge on any atom is -0.386 e. The first kappa shape index (κ1) is 13.8. The van der Waals surface area contributed by atoms with E-state index in [4.69, 9.17) is 0 Å². The molecular weight excluding hydrogens is 238 g/mol. The largest absolute Gasteiger partial charge is 0.386 e. The standard InChI is InChI=1S/C15H23N3O/c1-15(2)7-4-5-11(9-15)18-14(19)12-6-8-17-10-13(12)16-3/h6,8,10-11,16H,4-5,7,9H2,1-3H3,(H,18,19). The molecule has 104 valence electrons. The highest BCUT2D eigenvalue weighted by Gasteiger charge is 2.29. The first-order valence-corrected chi connectivity index (χ1v) is 6.94. The summed E-state index contributed by atoms with van der Waals surface area (Å²) in [6.07, 6.45) is 7.90. The van der Waals surface area contributed by atoms with Crippen molar-refractivity contribution in [2.45, 2.75) is 45.6 Å². The van der Waals surface area contributed by atoms with Gasteiger partial charge in [-0.15, -0.1) is 0 Å². The van der Waals surface area contributed by atoms with Crippen molar-refractivity contribution in [3.05, 3.63) is 24.0 Å². The summed E-state index contributed by atoms with van der Waals surface area (Å²) < 4.78 is 0.